The van der Waals surface area contributed by atoms with Crippen LogP contribution >= 0.6 is 0 Å². The monoisotopic (exact) mass is 211 g/mol. The summed E-state index contributed by atoms with van der Waals surface area (Å²) in [5.41, 5.74) is 1.82. The molecule has 1 aliphatic rings. The molecule has 0 spiro atoms. The smallest absolute Gasteiger partial charge is 0.101 e. The van der Waals surface area contributed by atoms with Crippen LogP contribution in [0.1, 0.15) is 30.9 Å². The lowest BCUT2D eigenvalue weighted by Crippen LogP contribution is -2.33. The van der Waals surface area contributed by atoms with E-state index in [0.717, 1.165) is 11.6 Å². The maximum absolute atomic E-state index is 8.89. The molecule has 80 valence electrons. The molecular weight excluding hydrogens is 198 g/mol. The third-order valence-electron chi connectivity index (χ3n) is 3.01. The van der Waals surface area contributed by atoms with Crippen LogP contribution in [0.2, 0.25) is 0 Å². The zero-order valence-corrected chi connectivity index (χ0v) is 9.20. The van der Waals surface area contributed by atoms with Crippen molar-refractivity contribution in [1.29, 1.82) is 10.5 Å². The summed E-state index contributed by atoms with van der Waals surface area (Å²) in [5.74, 6) is 0.798. The molecule has 1 fully saturated rings. The maximum atomic E-state index is 8.89. The van der Waals surface area contributed by atoms with E-state index in [4.69, 9.17) is 10.5 Å². The van der Waals surface area contributed by atoms with Gasteiger partial charge in [-0.05, 0) is 37.0 Å². The Bertz CT molecular complexity index is 473. The number of hydrogen-bond acceptors (Lipinski definition) is 3. The van der Waals surface area contributed by atoms with E-state index in [1.54, 1.807) is 12.1 Å². The van der Waals surface area contributed by atoms with Gasteiger partial charge in [-0.2, -0.15) is 10.5 Å². The molecule has 1 N–H and O–H groups in total. The number of nitriles is 2. The third kappa shape index (κ3) is 1.99. The Morgan fingerprint density at radius 1 is 1.19 bits per heavy atom. The van der Waals surface area contributed by atoms with Crippen LogP contribution in [0.3, 0.4) is 0 Å². The summed E-state index contributed by atoms with van der Waals surface area (Å²) in [7, 11) is 0. The quantitative estimate of drug-likeness (QED) is 0.818. The predicted molar refractivity (Wildman–Crippen MR) is 61.7 cm³/mol. The molecule has 2 rings (SSSR count). The molecule has 3 nitrogen and oxygen atoms in total. The first-order valence-corrected chi connectivity index (χ1v) is 5.43. The van der Waals surface area contributed by atoms with E-state index in [1.165, 1.54) is 12.8 Å². The van der Waals surface area contributed by atoms with Crippen LogP contribution in [0, 0.1) is 28.6 Å². The fourth-order valence-corrected chi connectivity index (χ4v) is 2.08. The van der Waals surface area contributed by atoms with Crippen molar-refractivity contribution in [1.82, 2.24) is 0 Å². The lowest BCUT2D eigenvalue weighted by atomic mass is 9.82. The molecule has 0 aliphatic heterocycles. The lowest BCUT2D eigenvalue weighted by molar-refractivity contribution is 0.309. The Hall–Kier alpha value is -2.00. The number of nitrogens with zero attached hydrogens (tertiary/aromatic N) is 2. The van der Waals surface area contributed by atoms with E-state index < -0.39 is 0 Å². The summed E-state index contributed by atoms with van der Waals surface area (Å²) >= 11 is 0. The average molecular weight is 211 g/mol. The predicted octanol–water partition coefficient (Wildman–Crippen LogP) is 2.64. The highest BCUT2D eigenvalue weighted by atomic mass is 14.9. The van der Waals surface area contributed by atoms with Crippen LogP contribution < -0.4 is 5.32 Å². The van der Waals surface area contributed by atoms with Gasteiger partial charge in [0.05, 0.1) is 11.1 Å². The Morgan fingerprint density at radius 2 is 1.88 bits per heavy atom. The van der Waals surface area contributed by atoms with Gasteiger partial charge in [0.1, 0.15) is 12.1 Å². The molecular formula is C13H13N3. The van der Waals surface area contributed by atoms with Crippen molar-refractivity contribution in [3.63, 3.8) is 0 Å². The molecule has 1 aromatic carbocycles. The van der Waals surface area contributed by atoms with Crippen molar-refractivity contribution in [2.24, 2.45) is 5.92 Å². The minimum Gasteiger partial charge on any atom is -0.382 e. The molecule has 0 amide bonds. The van der Waals surface area contributed by atoms with Crippen LogP contribution in [0.25, 0.3) is 0 Å². The molecule has 1 aliphatic carbocycles. The number of hydrogen-bond donors (Lipinski definition) is 1. The summed E-state index contributed by atoms with van der Waals surface area (Å²) in [6.45, 7) is 2.23. The molecule has 0 atom stereocenters. The van der Waals surface area contributed by atoms with E-state index in [2.05, 4.69) is 12.2 Å². The molecule has 0 saturated heterocycles. The van der Waals surface area contributed by atoms with Crippen LogP contribution in [0.4, 0.5) is 5.69 Å². The van der Waals surface area contributed by atoms with E-state index in [9.17, 15) is 0 Å². The summed E-state index contributed by atoms with van der Waals surface area (Å²) in [5, 5.41) is 21.1. The van der Waals surface area contributed by atoms with E-state index in [1.807, 2.05) is 18.2 Å². The minimum absolute atomic E-state index is 0.440. The highest BCUT2D eigenvalue weighted by Crippen LogP contribution is 2.29. The summed E-state index contributed by atoms with van der Waals surface area (Å²) in [6, 6.07) is 9.89. The number of anilines is 1. The van der Waals surface area contributed by atoms with Crippen molar-refractivity contribution < 1.29 is 0 Å². The Kier molecular flexibility index (Phi) is 2.79. The van der Waals surface area contributed by atoms with Crippen molar-refractivity contribution in [2.45, 2.75) is 25.8 Å². The van der Waals surface area contributed by atoms with E-state index >= 15 is 0 Å². The number of rotatable bonds is 2. The fourth-order valence-electron chi connectivity index (χ4n) is 2.08. The van der Waals surface area contributed by atoms with Gasteiger partial charge in [0.15, 0.2) is 0 Å². The highest BCUT2D eigenvalue weighted by Gasteiger charge is 2.24. The largest absolute Gasteiger partial charge is 0.382 e. The van der Waals surface area contributed by atoms with Gasteiger partial charge in [-0.3, -0.25) is 0 Å². The van der Waals surface area contributed by atoms with Crippen molar-refractivity contribution in [3.05, 3.63) is 29.3 Å². The molecule has 1 aromatic rings. The first-order chi connectivity index (χ1) is 7.72. The molecule has 16 heavy (non-hydrogen) atoms. The molecule has 0 unspecified atom stereocenters. The lowest BCUT2D eigenvalue weighted by Gasteiger charge is -2.34. The molecule has 0 bridgehead atoms. The zero-order chi connectivity index (χ0) is 11.5. The molecule has 0 radical (unpaired) electrons. The Morgan fingerprint density at radius 3 is 2.44 bits per heavy atom. The van der Waals surface area contributed by atoms with Crippen LogP contribution in [-0.4, -0.2) is 6.04 Å². The van der Waals surface area contributed by atoms with Gasteiger partial charge in [-0.15, -0.1) is 0 Å². The van der Waals surface area contributed by atoms with Gasteiger partial charge in [0.25, 0.3) is 0 Å². The van der Waals surface area contributed by atoms with E-state index in [-0.39, 0.29) is 0 Å². The molecule has 3 heteroatoms. The topological polar surface area (TPSA) is 59.6 Å². The highest BCUT2D eigenvalue weighted by molar-refractivity contribution is 5.56. The summed E-state index contributed by atoms with van der Waals surface area (Å²) < 4.78 is 0. The van der Waals surface area contributed by atoms with Gasteiger partial charge < -0.3 is 5.32 Å². The van der Waals surface area contributed by atoms with E-state index in [0.29, 0.717) is 17.2 Å². The second kappa shape index (κ2) is 4.24. The second-order valence-corrected chi connectivity index (χ2v) is 4.40. The van der Waals surface area contributed by atoms with Gasteiger partial charge in [-0.1, -0.05) is 6.92 Å². The van der Waals surface area contributed by atoms with Gasteiger partial charge >= 0.3 is 0 Å². The summed E-state index contributed by atoms with van der Waals surface area (Å²) in [4.78, 5) is 0. The Balaban J connectivity index is 2.12. The van der Waals surface area contributed by atoms with Gasteiger partial charge in [0.2, 0.25) is 0 Å². The second-order valence-electron chi connectivity index (χ2n) is 4.40. The van der Waals surface area contributed by atoms with Crippen LogP contribution in [-0.2, 0) is 0 Å². The number of nitrogens with one attached hydrogen (secondary N) is 1. The first kappa shape index (κ1) is 10.5. The minimum atomic E-state index is 0.440. The Labute approximate surface area is 95.3 Å². The summed E-state index contributed by atoms with van der Waals surface area (Å²) in [6.07, 6.45) is 2.36. The molecule has 1 saturated carbocycles. The average Bonchev–Trinajstić information content (AvgIpc) is 2.27. The zero-order valence-electron chi connectivity index (χ0n) is 9.20. The SMILES string of the molecule is CC1CC(Nc2ccc(C#N)c(C#N)c2)C1. The number of benzene rings is 1. The van der Waals surface area contributed by atoms with Crippen molar-refractivity contribution >= 4 is 5.69 Å². The van der Waals surface area contributed by atoms with Crippen molar-refractivity contribution in [3.8, 4) is 12.1 Å². The first-order valence-electron chi connectivity index (χ1n) is 5.43. The van der Waals surface area contributed by atoms with Crippen LogP contribution in [0.15, 0.2) is 18.2 Å². The molecule has 0 aromatic heterocycles. The molecule has 0 heterocycles. The fraction of sp³-hybridized carbons (Fsp3) is 0.385. The maximum Gasteiger partial charge on any atom is 0.101 e. The van der Waals surface area contributed by atoms with Gasteiger partial charge in [-0.25, -0.2) is 0 Å². The van der Waals surface area contributed by atoms with Crippen molar-refractivity contribution in [2.75, 3.05) is 5.32 Å². The van der Waals surface area contributed by atoms with Gasteiger partial charge in [0, 0.05) is 11.7 Å². The third-order valence-corrected chi connectivity index (χ3v) is 3.01. The van der Waals surface area contributed by atoms with Crippen LogP contribution in [0.5, 0.6) is 0 Å². The normalized spacial score (nSPS) is 22.7. The standard InChI is InChI=1S/C13H13N3/c1-9-4-13(5-9)16-12-3-2-10(7-14)11(6-12)8-15/h2-3,6,9,13,16H,4-5H2,1H3.